The number of nitrogen functional groups attached to an aromatic ring is 1. The van der Waals surface area contributed by atoms with E-state index in [2.05, 4.69) is 16.9 Å². The summed E-state index contributed by atoms with van der Waals surface area (Å²) >= 11 is 0. The largest absolute Gasteiger partial charge is 0.476 e. The average molecular weight is 209 g/mol. The predicted molar refractivity (Wildman–Crippen MR) is 60.8 cm³/mol. The van der Waals surface area contributed by atoms with Gasteiger partial charge in [0.2, 0.25) is 5.88 Å². The summed E-state index contributed by atoms with van der Waals surface area (Å²) < 4.78 is 5.49. The number of unbranched alkanes of at least 4 members (excludes halogenated alkanes) is 3. The molecule has 0 aliphatic carbocycles. The van der Waals surface area contributed by atoms with Gasteiger partial charge in [-0.1, -0.05) is 26.2 Å². The van der Waals surface area contributed by atoms with E-state index in [0.717, 1.165) is 6.42 Å². The van der Waals surface area contributed by atoms with Crippen LogP contribution in [0.15, 0.2) is 6.20 Å². The van der Waals surface area contributed by atoms with Gasteiger partial charge in [-0.15, -0.1) is 0 Å². The SMILES string of the molecule is CCCCCCOc1nc(C)ncc1N. The van der Waals surface area contributed by atoms with Gasteiger partial charge in [-0.3, -0.25) is 0 Å². The van der Waals surface area contributed by atoms with Gasteiger partial charge in [-0.2, -0.15) is 4.98 Å². The number of nitrogens with zero attached hydrogens (tertiary/aromatic N) is 2. The van der Waals surface area contributed by atoms with Crippen molar-refractivity contribution in [1.29, 1.82) is 0 Å². The Kier molecular flexibility index (Phi) is 4.87. The van der Waals surface area contributed by atoms with E-state index in [9.17, 15) is 0 Å². The zero-order valence-corrected chi connectivity index (χ0v) is 9.49. The topological polar surface area (TPSA) is 61.0 Å². The summed E-state index contributed by atoms with van der Waals surface area (Å²) in [4.78, 5) is 8.11. The molecule has 0 fully saturated rings. The minimum absolute atomic E-state index is 0.510. The van der Waals surface area contributed by atoms with Crippen LogP contribution in [0, 0.1) is 6.92 Å². The van der Waals surface area contributed by atoms with Crippen molar-refractivity contribution in [3.8, 4) is 5.88 Å². The number of aromatic nitrogens is 2. The summed E-state index contributed by atoms with van der Waals surface area (Å²) in [7, 11) is 0. The molecule has 1 heterocycles. The van der Waals surface area contributed by atoms with Crippen LogP contribution in [0.4, 0.5) is 5.69 Å². The van der Waals surface area contributed by atoms with Crippen LogP contribution in [-0.2, 0) is 0 Å². The molecule has 0 amide bonds. The van der Waals surface area contributed by atoms with Gasteiger partial charge in [0.1, 0.15) is 11.5 Å². The highest BCUT2D eigenvalue weighted by Gasteiger charge is 2.02. The van der Waals surface area contributed by atoms with Crippen molar-refractivity contribution in [3.05, 3.63) is 12.0 Å². The molecule has 0 aliphatic rings. The number of ether oxygens (including phenoxy) is 1. The molecule has 0 saturated heterocycles. The van der Waals surface area contributed by atoms with Crippen molar-refractivity contribution in [2.45, 2.75) is 39.5 Å². The molecule has 4 heteroatoms. The average Bonchev–Trinajstić information content (AvgIpc) is 2.23. The molecule has 2 N–H and O–H groups in total. The van der Waals surface area contributed by atoms with Gasteiger partial charge in [0.15, 0.2) is 0 Å². The molecule has 1 rings (SSSR count). The van der Waals surface area contributed by atoms with Crippen molar-refractivity contribution >= 4 is 5.69 Å². The van der Waals surface area contributed by atoms with Crippen LogP contribution in [0.25, 0.3) is 0 Å². The van der Waals surface area contributed by atoms with Gasteiger partial charge in [-0.05, 0) is 13.3 Å². The second-order valence-corrected chi connectivity index (χ2v) is 3.59. The van der Waals surface area contributed by atoms with Crippen LogP contribution in [0.5, 0.6) is 5.88 Å². The van der Waals surface area contributed by atoms with E-state index in [1.54, 1.807) is 6.20 Å². The third-order valence-corrected chi connectivity index (χ3v) is 2.14. The van der Waals surface area contributed by atoms with Crippen LogP contribution in [-0.4, -0.2) is 16.6 Å². The van der Waals surface area contributed by atoms with Crippen molar-refractivity contribution in [2.24, 2.45) is 0 Å². The molecule has 0 spiro atoms. The maximum atomic E-state index is 5.68. The molecular formula is C11H19N3O. The Morgan fingerprint density at radius 1 is 1.33 bits per heavy atom. The predicted octanol–water partition coefficient (Wildman–Crippen LogP) is 2.33. The number of hydrogen-bond donors (Lipinski definition) is 1. The zero-order valence-electron chi connectivity index (χ0n) is 9.49. The van der Waals surface area contributed by atoms with E-state index in [4.69, 9.17) is 10.5 Å². The Balaban J connectivity index is 2.33. The molecular weight excluding hydrogens is 190 g/mol. The number of hydrogen-bond acceptors (Lipinski definition) is 4. The number of anilines is 1. The first kappa shape index (κ1) is 11.8. The van der Waals surface area contributed by atoms with Gasteiger partial charge in [-0.25, -0.2) is 4.98 Å². The highest BCUT2D eigenvalue weighted by Crippen LogP contribution is 2.16. The van der Waals surface area contributed by atoms with E-state index < -0.39 is 0 Å². The van der Waals surface area contributed by atoms with E-state index >= 15 is 0 Å². The van der Waals surface area contributed by atoms with Crippen molar-refractivity contribution < 1.29 is 4.74 Å². The molecule has 0 bridgehead atoms. The van der Waals surface area contributed by atoms with Crippen molar-refractivity contribution in [1.82, 2.24) is 9.97 Å². The lowest BCUT2D eigenvalue weighted by atomic mass is 10.2. The van der Waals surface area contributed by atoms with E-state index in [1.807, 2.05) is 6.92 Å². The summed E-state index contributed by atoms with van der Waals surface area (Å²) in [5, 5.41) is 0. The highest BCUT2D eigenvalue weighted by atomic mass is 16.5. The standard InChI is InChI=1S/C11H19N3O/c1-3-4-5-6-7-15-11-10(12)8-13-9(2)14-11/h8H,3-7,12H2,1-2H3. The molecule has 0 saturated carbocycles. The van der Waals surface area contributed by atoms with Gasteiger partial charge < -0.3 is 10.5 Å². The van der Waals surface area contributed by atoms with E-state index in [-0.39, 0.29) is 0 Å². The highest BCUT2D eigenvalue weighted by molar-refractivity contribution is 5.45. The Hall–Kier alpha value is -1.32. The molecule has 4 nitrogen and oxygen atoms in total. The fourth-order valence-electron chi connectivity index (χ4n) is 1.27. The Labute approximate surface area is 90.9 Å². The van der Waals surface area contributed by atoms with Crippen molar-refractivity contribution in [3.63, 3.8) is 0 Å². The van der Waals surface area contributed by atoms with E-state index in [0.29, 0.717) is 24.0 Å². The maximum Gasteiger partial charge on any atom is 0.240 e. The fourth-order valence-corrected chi connectivity index (χ4v) is 1.27. The third-order valence-electron chi connectivity index (χ3n) is 2.14. The van der Waals surface area contributed by atoms with Crippen LogP contribution in [0.1, 0.15) is 38.4 Å². The quantitative estimate of drug-likeness (QED) is 0.730. The number of nitrogens with two attached hydrogens (primary N) is 1. The lowest BCUT2D eigenvalue weighted by Gasteiger charge is -2.07. The van der Waals surface area contributed by atoms with Gasteiger partial charge in [0, 0.05) is 0 Å². The minimum atomic E-state index is 0.510. The molecule has 0 atom stereocenters. The first-order chi connectivity index (χ1) is 7.24. The summed E-state index contributed by atoms with van der Waals surface area (Å²) in [6, 6.07) is 0. The fraction of sp³-hybridized carbons (Fsp3) is 0.636. The normalized spacial score (nSPS) is 10.3. The minimum Gasteiger partial charge on any atom is -0.476 e. The molecule has 15 heavy (non-hydrogen) atoms. The van der Waals surface area contributed by atoms with Gasteiger partial charge >= 0.3 is 0 Å². The zero-order chi connectivity index (χ0) is 11.1. The smallest absolute Gasteiger partial charge is 0.240 e. The second kappa shape index (κ2) is 6.22. The molecule has 1 aromatic heterocycles. The Morgan fingerprint density at radius 2 is 2.13 bits per heavy atom. The molecule has 0 aromatic carbocycles. The first-order valence-corrected chi connectivity index (χ1v) is 5.46. The Morgan fingerprint density at radius 3 is 2.87 bits per heavy atom. The lowest BCUT2D eigenvalue weighted by Crippen LogP contribution is -2.04. The third kappa shape index (κ3) is 4.14. The van der Waals surface area contributed by atoms with Crippen molar-refractivity contribution in [2.75, 3.05) is 12.3 Å². The number of rotatable bonds is 6. The second-order valence-electron chi connectivity index (χ2n) is 3.59. The van der Waals surface area contributed by atoms with Gasteiger partial charge in [0.25, 0.3) is 0 Å². The monoisotopic (exact) mass is 209 g/mol. The Bertz CT molecular complexity index is 302. The molecule has 0 unspecified atom stereocenters. The van der Waals surface area contributed by atoms with Crippen LogP contribution in [0.3, 0.4) is 0 Å². The first-order valence-electron chi connectivity index (χ1n) is 5.46. The molecule has 0 radical (unpaired) electrons. The maximum absolute atomic E-state index is 5.68. The summed E-state index contributed by atoms with van der Waals surface area (Å²) in [5.74, 6) is 1.20. The van der Waals surface area contributed by atoms with Crippen LogP contribution >= 0.6 is 0 Å². The summed E-state index contributed by atoms with van der Waals surface area (Å²) in [6.07, 6.45) is 6.32. The summed E-state index contributed by atoms with van der Waals surface area (Å²) in [6.45, 7) is 4.69. The number of aryl methyl sites for hydroxylation is 1. The van der Waals surface area contributed by atoms with Crippen LogP contribution < -0.4 is 10.5 Å². The van der Waals surface area contributed by atoms with Gasteiger partial charge in [0.05, 0.1) is 12.8 Å². The molecule has 1 aromatic rings. The van der Waals surface area contributed by atoms with Crippen LogP contribution in [0.2, 0.25) is 0 Å². The summed E-state index contributed by atoms with van der Waals surface area (Å²) in [5.41, 5.74) is 6.19. The molecule has 0 aliphatic heterocycles. The molecule has 84 valence electrons. The van der Waals surface area contributed by atoms with E-state index in [1.165, 1.54) is 19.3 Å². The lowest BCUT2D eigenvalue weighted by molar-refractivity contribution is 0.294.